The first-order valence-corrected chi connectivity index (χ1v) is 6.24. The molecule has 0 atom stereocenters. The van der Waals surface area contributed by atoms with Gasteiger partial charge in [0.2, 0.25) is 0 Å². The number of carbonyl (C=O) groups is 1. The molecule has 1 saturated carbocycles. The standard InChI is InChI=1S/C13H19N3O2/c1-16(11-3-4-11)13(17)9-18-12-5-2-10(6-7-14)15-8-12/h2,5,8,11H,3-4,6-7,9,14H2,1H3. The molecule has 5 heteroatoms. The van der Waals surface area contributed by atoms with Crippen LogP contribution in [-0.2, 0) is 11.2 Å². The quantitative estimate of drug-likeness (QED) is 0.801. The Morgan fingerprint density at radius 2 is 2.33 bits per heavy atom. The summed E-state index contributed by atoms with van der Waals surface area (Å²) in [4.78, 5) is 17.7. The summed E-state index contributed by atoms with van der Waals surface area (Å²) in [6, 6.07) is 4.12. The average Bonchev–Trinajstić information content (AvgIpc) is 3.21. The third-order valence-corrected chi connectivity index (χ3v) is 3.05. The van der Waals surface area contributed by atoms with Crippen LogP contribution in [0.4, 0.5) is 0 Å². The SMILES string of the molecule is CN(C(=O)COc1ccc(CCN)nc1)C1CC1. The van der Waals surface area contributed by atoms with Crippen molar-refractivity contribution in [3.63, 3.8) is 0 Å². The summed E-state index contributed by atoms with van der Waals surface area (Å²) in [5.74, 6) is 0.636. The van der Waals surface area contributed by atoms with Crippen LogP contribution in [-0.4, -0.2) is 42.0 Å². The van der Waals surface area contributed by atoms with Gasteiger partial charge in [-0.3, -0.25) is 9.78 Å². The van der Waals surface area contributed by atoms with Crippen LogP contribution in [0, 0.1) is 0 Å². The molecule has 0 radical (unpaired) electrons. The van der Waals surface area contributed by atoms with Crippen LogP contribution < -0.4 is 10.5 Å². The minimum Gasteiger partial charge on any atom is -0.482 e. The fraction of sp³-hybridized carbons (Fsp3) is 0.538. The molecule has 98 valence electrons. The summed E-state index contributed by atoms with van der Waals surface area (Å²) < 4.78 is 5.42. The van der Waals surface area contributed by atoms with Gasteiger partial charge in [-0.25, -0.2) is 0 Å². The summed E-state index contributed by atoms with van der Waals surface area (Å²) in [6.07, 6.45) is 4.61. The van der Waals surface area contributed by atoms with Crippen LogP contribution in [0.5, 0.6) is 5.75 Å². The highest BCUT2D eigenvalue weighted by molar-refractivity contribution is 5.78. The molecule has 1 aromatic heterocycles. The number of rotatable bonds is 6. The van der Waals surface area contributed by atoms with Crippen molar-refractivity contribution in [1.82, 2.24) is 9.88 Å². The van der Waals surface area contributed by atoms with Gasteiger partial charge in [0.1, 0.15) is 5.75 Å². The molecular weight excluding hydrogens is 230 g/mol. The first kappa shape index (κ1) is 12.8. The molecule has 1 aliphatic rings. The van der Waals surface area contributed by atoms with Crippen molar-refractivity contribution >= 4 is 5.91 Å². The maximum atomic E-state index is 11.7. The zero-order chi connectivity index (χ0) is 13.0. The molecule has 0 bridgehead atoms. The van der Waals surface area contributed by atoms with Crippen LogP contribution in [0.25, 0.3) is 0 Å². The first-order valence-electron chi connectivity index (χ1n) is 6.24. The van der Waals surface area contributed by atoms with Gasteiger partial charge in [-0.1, -0.05) is 0 Å². The van der Waals surface area contributed by atoms with Crippen molar-refractivity contribution in [3.8, 4) is 5.75 Å². The number of nitrogens with zero attached hydrogens (tertiary/aromatic N) is 2. The number of nitrogens with two attached hydrogens (primary N) is 1. The van der Waals surface area contributed by atoms with Gasteiger partial charge in [-0.2, -0.15) is 0 Å². The molecule has 0 saturated heterocycles. The van der Waals surface area contributed by atoms with Gasteiger partial charge in [0.05, 0.1) is 6.20 Å². The maximum Gasteiger partial charge on any atom is 0.260 e. The smallest absolute Gasteiger partial charge is 0.260 e. The van der Waals surface area contributed by atoms with Crippen LogP contribution in [0.2, 0.25) is 0 Å². The van der Waals surface area contributed by atoms with Crippen molar-refractivity contribution in [2.45, 2.75) is 25.3 Å². The fourth-order valence-electron chi connectivity index (χ4n) is 1.70. The van der Waals surface area contributed by atoms with Crippen molar-refractivity contribution in [1.29, 1.82) is 0 Å². The lowest BCUT2D eigenvalue weighted by Gasteiger charge is -2.16. The molecule has 0 unspecified atom stereocenters. The molecule has 2 N–H and O–H groups in total. The zero-order valence-corrected chi connectivity index (χ0v) is 10.6. The lowest BCUT2D eigenvalue weighted by Crippen LogP contribution is -2.33. The van der Waals surface area contributed by atoms with Gasteiger partial charge in [-0.05, 0) is 31.5 Å². The van der Waals surface area contributed by atoms with Gasteiger partial charge >= 0.3 is 0 Å². The Morgan fingerprint density at radius 1 is 1.56 bits per heavy atom. The largest absolute Gasteiger partial charge is 0.482 e. The number of carbonyl (C=O) groups excluding carboxylic acids is 1. The van der Waals surface area contributed by atoms with Crippen molar-refractivity contribution in [2.24, 2.45) is 5.73 Å². The highest BCUT2D eigenvalue weighted by Gasteiger charge is 2.29. The van der Waals surface area contributed by atoms with Crippen molar-refractivity contribution < 1.29 is 9.53 Å². The minimum atomic E-state index is 0.0172. The molecule has 5 nitrogen and oxygen atoms in total. The van der Waals surface area contributed by atoms with E-state index in [2.05, 4.69) is 4.98 Å². The van der Waals surface area contributed by atoms with E-state index < -0.39 is 0 Å². The van der Waals surface area contributed by atoms with Crippen LogP contribution >= 0.6 is 0 Å². The van der Waals surface area contributed by atoms with E-state index in [0.717, 1.165) is 25.0 Å². The van der Waals surface area contributed by atoms with Crippen molar-refractivity contribution in [3.05, 3.63) is 24.0 Å². The van der Waals surface area contributed by atoms with E-state index >= 15 is 0 Å². The second kappa shape index (κ2) is 5.82. The number of hydrogen-bond acceptors (Lipinski definition) is 4. The molecule has 1 amide bonds. The van der Waals surface area contributed by atoms with Crippen LogP contribution in [0.3, 0.4) is 0 Å². The van der Waals surface area contributed by atoms with Gasteiger partial charge in [-0.15, -0.1) is 0 Å². The van der Waals surface area contributed by atoms with Crippen LogP contribution in [0.1, 0.15) is 18.5 Å². The molecule has 0 aliphatic heterocycles. The van der Waals surface area contributed by atoms with E-state index in [9.17, 15) is 4.79 Å². The Kier molecular flexibility index (Phi) is 4.15. The number of pyridine rings is 1. The van der Waals surface area contributed by atoms with E-state index in [-0.39, 0.29) is 12.5 Å². The number of likely N-dealkylation sites (N-methyl/N-ethyl adjacent to an activating group) is 1. The zero-order valence-electron chi connectivity index (χ0n) is 10.6. The predicted molar refractivity (Wildman–Crippen MR) is 68.3 cm³/mol. The predicted octanol–water partition coefficient (Wildman–Crippen LogP) is 0.582. The molecule has 1 fully saturated rings. The Labute approximate surface area is 107 Å². The molecule has 18 heavy (non-hydrogen) atoms. The molecule has 0 aromatic carbocycles. The lowest BCUT2D eigenvalue weighted by molar-refractivity contribution is -0.132. The summed E-state index contributed by atoms with van der Waals surface area (Å²) in [5.41, 5.74) is 6.38. The van der Waals surface area contributed by atoms with E-state index in [1.54, 1.807) is 11.1 Å². The third-order valence-electron chi connectivity index (χ3n) is 3.05. The molecule has 1 aliphatic carbocycles. The second-order valence-electron chi connectivity index (χ2n) is 4.55. The molecule has 2 rings (SSSR count). The van der Waals surface area contributed by atoms with E-state index in [1.165, 1.54) is 0 Å². The van der Waals surface area contributed by atoms with Gasteiger partial charge in [0.15, 0.2) is 6.61 Å². The summed E-state index contributed by atoms with van der Waals surface area (Å²) in [7, 11) is 1.83. The number of ether oxygens (including phenoxy) is 1. The highest BCUT2D eigenvalue weighted by atomic mass is 16.5. The Bertz CT molecular complexity index is 401. The second-order valence-corrected chi connectivity index (χ2v) is 4.55. The van der Waals surface area contributed by atoms with E-state index in [4.69, 9.17) is 10.5 Å². The Hall–Kier alpha value is -1.62. The van der Waals surface area contributed by atoms with E-state index in [1.807, 2.05) is 19.2 Å². The number of aromatic nitrogens is 1. The fourth-order valence-corrected chi connectivity index (χ4v) is 1.70. The number of hydrogen-bond donors (Lipinski definition) is 1. The number of amides is 1. The normalized spacial score (nSPS) is 14.3. The van der Waals surface area contributed by atoms with Gasteiger partial charge in [0, 0.05) is 25.2 Å². The molecular formula is C13H19N3O2. The molecule has 1 aromatic rings. The van der Waals surface area contributed by atoms with Crippen molar-refractivity contribution in [2.75, 3.05) is 20.2 Å². The van der Waals surface area contributed by atoms with E-state index in [0.29, 0.717) is 18.3 Å². The molecule has 1 heterocycles. The highest BCUT2D eigenvalue weighted by Crippen LogP contribution is 2.25. The topological polar surface area (TPSA) is 68.5 Å². The lowest BCUT2D eigenvalue weighted by atomic mass is 10.3. The summed E-state index contributed by atoms with van der Waals surface area (Å²) >= 11 is 0. The monoisotopic (exact) mass is 249 g/mol. The minimum absolute atomic E-state index is 0.0172. The Morgan fingerprint density at radius 3 is 2.89 bits per heavy atom. The Balaban J connectivity index is 1.80. The first-order chi connectivity index (χ1) is 8.70. The third kappa shape index (κ3) is 3.43. The van der Waals surface area contributed by atoms with Gasteiger partial charge in [0.25, 0.3) is 5.91 Å². The van der Waals surface area contributed by atoms with Gasteiger partial charge < -0.3 is 15.4 Å². The summed E-state index contributed by atoms with van der Waals surface area (Å²) in [6.45, 7) is 0.656. The maximum absolute atomic E-state index is 11.7. The molecule has 0 spiro atoms. The average molecular weight is 249 g/mol. The van der Waals surface area contributed by atoms with Crippen LogP contribution in [0.15, 0.2) is 18.3 Å². The summed E-state index contributed by atoms with van der Waals surface area (Å²) in [5, 5.41) is 0.